The number of rotatable bonds is 4. The molecule has 0 atom stereocenters. The van der Waals surface area contributed by atoms with Gasteiger partial charge in [0.1, 0.15) is 0 Å². The summed E-state index contributed by atoms with van der Waals surface area (Å²) in [5.74, 6) is 1.19. The largest absolute Gasteiger partial charge is 0.363 e. The van der Waals surface area contributed by atoms with Crippen molar-refractivity contribution in [2.45, 2.75) is 40.2 Å². The highest BCUT2D eigenvalue weighted by Crippen LogP contribution is 2.20. The lowest BCUT2D eigenvalue weighted by molar-refractivity contribution is 0.865. The Hall–Kier alpha value is -1.61. The molecule has 3 nitrogen and oxygen atoms in total. The van der Waals surface area contributed by atoms with Gasteiger partial charge >= 0.3 is 0 Å². The van der Waals surface area contributed by atoms with Gasteiger partial charge in [-0.15, -0.1) is 0 Å². The predicted molar refractivity (Wildman–Crippen MR) is 84.4 cm³/mol. The number of hydrogen-bond acceptors (Lipinski definition) is 3. The summed E-state index contributed by atoms with van der Waals surface area (Å²) in [4.78, 5) is 8.69. The number of anilines is 1. The molecule has 0 unspecified atom stereocenters. The molecular formula is C16H20ClN3. The second-order valence-electron chi connectivity index (χ2n) is 5.28. The summed E-state index contributed by atoms with van der Waals surface area (Å²) in [5.41, 5.74) is 4.30. The van der Waals surface area contributed by atoms with Crippen LogP contribution in [0.1, 0.15) is 42.3 Å². The molecular weight excluding hydrogens is 270 g/mol. The molecule has 4 heteroatoms. The lowest BCUT2D eigenvalue weighted by Crippen LogP contribution is -2.05. The first-order chi connectivity index (χ1) is 9.47. The van der Waals surface area contributed by atoms with Crippen molar-refractivity contribution in [2.24, 2.45) is 0 Å². The molecule has 0 bridgehead atoms. The maximum atomic E-state index is 6.10. The second-order valence-corrected chi connectivity index (χ2v) is 5.64. The number of aryl methyl sites for hydroxylation is 2. The molecule has 0 aliphatic carbocycles. The number of benzene rings is 1. The average molecular weight is 290 g/mol. The van der Waals surface area contributed by atoms with E-state index in [0.717, 1.165) is 11.4 Å². The highest BCUT2D eigenvalue weighted by Gasteiger charge is 2.06. The Morgan fingerprint density at radius 3 is 2.25 bits per heavy atom. The van der Waals surface area contributed by atoms with E-state index in [1.165, 1.54) is 11.1 Å². The Morgan fingerprint density at radius 2 is 1.65 bits per heavy atom. The SMILES string of the molecule is Cc1nc(Cl)c(NCc2ccc(C(C)C)cc2)nc1C. The minimum atomic E-state index is 0.423. The molecule has 0 amide bonds. The van der Waals surface area contributed by atoms with Gasteiger partial charge in [0.05, 0.1) is 11.4 Å². The van der Waals surface area contributed by atoms with Gasteiger partial charge in [-0.3, -0.25) is 0 Å². The first kappa shape index (κ1) is 14.8. The van der Waals surface area contributed by atoms with E-state index >= 15 is 0 Å². The maximum absolute atomic E-state index is 6.10. The van der Waals surface area contributed by atoms with E-state index in [9.17, 15) is 0 Å². The fraction of sp³-hybridized carbons (Fsp3) is 0.375. The van der Waals surface area contributed by atoms with Crippen LogP contribution in [0.5, 0.6) is 0 Å². The molecule has 1 heterocycles. The fourth-order valence-corrected chi connectivity index (χ4v) is 2.13. The minimum Gasteiger partial charge on any atom is -0.363 e. The quantitative estimate of drug-likeness (QED) is 0.901. The molecule has 0 fully saturated rings. The van der Waals surface area contributed by atoms with Crippen LogP contribution in [0.25, 0.3) is 0 Å². The number of aromatic nitrogens is 2. The van der Waals surface area contributed by atoms with Crippen molar-refractivity contribution in [3.05, 3.63) is 51.9 Å². The molecule has 106 valence electrons. The first-order valence-corrected chi connectivity index (χ1v) is 7.18. The Labute approximate surface area is 125 Å². The predicted octanol–water partition coefficient (Wildman–Crippen LogP) is 4.48. The highest BCUT2D eigenvalue weighted by molar-refractivity contribution is 6.31. The molecule has 0 saturated heterocycles. The zero-order valence-electron chi connectivity index (χ0n) is 12.4. The van der Waals surface area contributed by atoms with E-state index in [2.05, 4.69) is 53.4 Å². The van der Waals surface area contributed by atoms with Crippen molar-refractivity contribution in [1.82, 2.24) is 9.97 Å². The molecule has 2 rings (SSSR count). The van der Waals surface area contributed by atoms with E-state index in [0.29, 0.717) is 23.4 Å². The van der Waals surface area contributed by atoms with Crippen LogP contribution in [0.4, 0.5) is 5.82 Å². The maximum Gasteiger partial charge on any atom is 0.171 e. The monoisotopic (exact) mass is 289 g/mol. The van der Waals surface area contributed by atoms with Gasteiger partial charge in [-0.25, -0.2) is 9.97 Å². The Bertz CT molecular complexity index is 591. The zero-order valence-corrected chi connectivity index (χ0v) is 13.1. The van der Waals surface area contributed by atoms with Gasteiger partial charge in [-0.1, -0.05) is 49.7 Å². The Balaban J connectivity index is 2.07. The van der Waals surface area contributed by atoms with Crippen molar-refractivity contribution in [1.29, 1.82) is 0 Å². The van der Waals surface area contributed by atoms with Crippen LogP contribution >= 0.6 is 11.6 Å². The van der Waals surface area contributed by atoms with Gasteiger partial charge < -0.3 is 5.32 Å². The van der Waals surface area contributed by atoms with Gasteiger partial charge in [0, 0.05) is 6.54 Å². The molecule has 2 aromatic rings. The molecule has 0 spiro atoms. The Kier molecular flexibility index (Phi) is 4.61. The van der Waals surface area contributed by atoms with Crippen LogP contribution in [0.3, 0.4) is 0 Å². The Morgan fingerprint density at radius 1 is 1.05 bits per heavy atom. The van der Waals surface area contributed by atoms with Gasteiger partial charge in [0.25, 0.3) is 0 Å². The number of nitrogens with zero attached hydrogens (tertiary/aromatic N) is 2. The van der Waals surface area contributed by atoms with Crippen LogP contribution in [-0.2, 0) is 6.54 Å². The normalized spacial score (nSPS) is 10.9. The van der Waals surface area contributed by atoms with E-state index in [1.54, 1.807) is 0 Å². The molecule has 1 N–H and O–H groups in total. The molecule has 0 radical (unpaired) electrons. The summed E-state index contributed by atoms with van der Waals surface area (Å²) < 4.78 is 0. The lowest BCUT2D eigenvalue weighted by Gasteiger charge is -2.10. The second kappa shape index (κ2) is 6.23. The summed E-state index contributed by atoms with van der Waals surface area (Å²) in [7, 11) is 0. The average Bonchev–Trinajstić information content (AvgIpc) is 2.42. The van der Waals surface area contributed by atoms with Gasteiger partial charge in [-0.2, -0.15) is 0 Å². The number of nitrogens with one attached hydrogen (secondary N) is 1. The van der Waals surface area contributed by atoms with Gasteiger partial charge in [0.15, 0.2) is 11.0 Å². The zero-order chi connectivity index (χ0) is 14.7. The van der Waals surface area contributed by atoms with Crippen molar-refractivity contribution in [2.75, 3.05) is 5.32 Å². The van der Waals surface area contributed by atoms with Crippen LogP contribution in [-0.4, -0.2) is 9.97 Å². The van der Waals surface area contributed by atoms with E-state index in [4.69, 9.17) is 11.6 Å². The van der Waals surface area contributed by atoms with Crippen molar-refractivity contribution < 1.29 is 0 Å². The highest BCUT2D eigenvalue weighted by atomic mass is 35.5. The van der Waals surface area contributed by atoms with Crippen molar-refractivity contribution in [3.8, 4) is 0 Å². The third-order valence-corrected chi connectivity index (χ3v) is 3.63. The van der Waals surface area contributed by atoms with Gasteiger partial charge in [0.2, 0.25) is 0 Å². The lowest BCUT2D eigenvalue weighted by atomic mass is 10.0. The van der Waals surface area contributed by atoms with Crippen molar-refractivity contribution in [3.63, 3.8) is 0 Å². The molecule has 0 aliphatic heterocycles. The summed E-state index contributed by atoms with van der Waals surface area (Å²) in [5, 5.41) is 3.66. The van der Waals surface area contributed by atoms with Crippen molar-refractivity contribution >= 4 is 17.4 Å². The first-order valence-electron chi connectivity index (χ1n) is 6.81. The minimum absolute atomic E-state index is 0.423. The smallest absolute Gasteiger partial charge is 0.171 e. The van der Waals surface area contributed by atoms with E-state index in [-0.39, 0.29) is 0 Å². The van der Waals surface area contributed by atoms with Crippen LogP contribution in [0.15, 0.2) is 24.3 Å². The van der Waals surface area contributed by atoms with E-state index < -0.39 is 0 Å². The fourth-order valence-electron chi connectivity index (χ4n) is 1.89. The number of hydrogen-bond donors (Lipinski definition) is 1. The molecule has 1 aromatic carbocycles. The van der Waals surface area contributed by atoms with Gasteiger partial charge in [-0.05, 0) is 30.9 Å². The number of halogens is 1. The standard InChI is InChI=1S/C16H20ClN3/c1-10(2)14-7-5-13(6-8-14)9-18-16-15(17)19-11(3)12(4)20-16/h5-8,10H,9H2,1-4H3,(H,18,20). The van der Waals surface area contributed by atoms with Crippen LogP contribution in [0, 0.1) is 13.8 Å². The summed E-state index contributed by atoms with van der Waals surface area (Å²) in [6, 6.07) is 8.58. The molecule has 0 saturated carbocycles. The van der Waals surface area contributed by atoms with Crippen LogP contribution < -0.4 is 5.32 Å². The molecule has 20 heavy (non-hydrogen) atoms. The molecule has 0 aliphatic rings. The van der Waals surface area contributed by atoms with Crippen LogP contribution in [0.2, 0.25) is 5.15 Å². The summed E-state index contributed by atoms with van der Waals surface area (Å²) in [6.07, 6.45) is 0. The topological polar surface area (TPSA) is 37.8 Å². The summed E-state index contributed by atoms with van der Waals surface area (Å²) in [6.45, 7) is 8.91. The molecule has 1 aromatic heterocycles. The van der Waals surface area contributed by atoms with E-state index in [1.807, 2.05) is 13.8 Å². The summed E-state index contributed by atoms with van der Waals surface area (Å²) >= 11 is 6.10. The third kappa shape index (κ3) is 3.48. The third-order valence-electron chi connectivity index (χ3n) is 3.37.